The second kappa shape index (κ2) is 7.39. The van der Waals surface area contributed by atoms with Gasteiger partial charge in [-0.2, -0.15) is 0 Å². The smallest absolute Gasteiger partial charge is 0.0475 e. The molecule has 21 heavy (non-hydrogen) atoms. The topological polar surface area (TPSA) is 18.5 Å². The standard InChI is InChI=1S/C18H29N3/c1-16-6-5-11-21(14-16)18(17-7-3-2-4-8-17)15-20-12-9-19-10-13-20/h2-4,7-8,16,18-19H,5-6,9-15H2,1H3. The highest BCUT2D eigenvalue weighted by atomic mass is 15.2. The molecular formula is C18H29N3. The van der Waals surface area contributed by atoms with Gasteiger partial charge >= 0.3 is 0 Å². The second-order valence-corrected chi connectivity index (χ2v) is 6.72. The number of hydrogen-bond acceptors (Lipinski definition) is 3. The van der Waals surface area contributed by atoms with Gasteiger partial charge < -0.3 is 5.32 Å². The largest absolute Gasteiger partial charge is 0.314 e. The molecule has 2 atom stereocenters. The molecule has 1 aromatic carbocycles. The number of nitrogens with zero attached hydrogens (tertiary/aromatic N) is 2. The van der Waals surface area contributed by atoms with Crippen LogP contribution in [0.5, 0.6) is 0 Å². The van der Waals surface area contributed by atoms with Crippen molar-refractivity contribution in [2.24, 2.45) is 5.92 Å². The van der Waals surface area contributed by atoms with Crippen LogP contribution in [-0.4, -0.2) is 55.6 Å². The van der Waals surface area contributed by atoms with Crippen LogP contribution < -0.4 is 5.32 Å². The van der Waals surface area contributed by atoms with Crippen molar-refractivity contribution >= 4 is 0 Å². The molecule has 1 aromatic rings. The summed E-state index contributed by atoms with van der Waals surface area (Å²) in [4.78, 5) is 5.36. The highest BCUT2D eigenvalue weighted by Gasteiger charge is 2.27. The van der Waals surface area contributed by atoms with Crippen LogP contribution in [0, 0.1) is 5.92 Å². The molecule has 0 radical (unpaired) electrons. The third kappa shape index (κ3) is 4.06. The van der Waals surface area contributed by atoms with Gasteiger partial charge in [0.15, 0.2) is 0 Å². The Morgan fingerprint density at radius 3 is 2.62 bits per heavy atom. The molecule has 0 bridgehead atoms. The molecule has 3 rings (SSSR count). The van der Waals surface area contributed by atoms with Crippen LogP contribution in [0.1, 0.15) is 31.4 Å². The first kappa shape index (κ1) is 15.0. The van der Waals surface area contributed by atoms with Crippen LogP contribution in [0.3, 0.4) is 0 Å². The zero-order valence-corrected chi connectivity index (χ0v) is 13.3. The van der Waals surface area contributed by atoms with Gasteiger partial charge in [-0.3, -0.25) is 9.80 Å². The first-order chi connectivity index (χ1) is 10.3. The van der Waals surface area contributed by atoms with Crippen molar-refractivity contribution in [3.05, 3.63) is 35.9 Å². The zero-order chi connectivity index (χ0) is 14.5. The number of hydrogen-bond donors (Lipinski definition) is 1. The normalized spacial score (nSPS) is 26.6. The van der Waals surface area contributed by atoms with E-state index in [1.807, 2.05) is 0 Å². The fraction of sp³-hybridized carbons (Fsp3) is 0.667. The van der Waals surface area contributed by atoms with Crippen LogP contribution in [0.2, 0.25) is 0 Å². The minimum atomic E-state index is 0.562. The van der Waals surface area contributed by atoms with E-state index < -0.39 is 0 Å². The summed E-state index contributed by atoms with van der Waals surface area (Å²) in [7, 11) is 0. The first-order valence-corrected chi connectivity index (χ1v) is 8.55. The average molecular weight is 287 g/mol. The van der Waals surface area contributed by atoms with E-state index in [0.29, 0.717) is 6.04 Å². The van der Waals surface area contributed by atoms with Gasteiger partial charge in [0.25, 0.3) is 0 Å². The molecule has 116 valence electrons. The van der Waals surface area contributed by atoms with Crippen LogP contribution in [-0.2, 0) is 0 Å². The number of piperidine rings is 1. The molecule has 2 aliphatic rings. The Bertz CT molecular complexity index is 414. The molecule has 3 nitrogen and oxygen atoms in total. The molecule has 0 amide bonds. The summed E-state index contributed by atoms with van der Waals surface area (Å²) >= 11 is 0. The van der Waals surface area contributed by atoms with Crippen molar-refractivity contribution in [2.75, 3.05) is 45.8 Å². The van der Waals surface area contributed by atoms with E-state index in [-0.39, 0.29) is 0 Å². The Balaban J connectivity index is 1.73. The maximum absolute atomic E-state index is 3.46. The number of nitrogens with one attached hydrogen (secondary N) is 1. The number of benzene rings is 1. The van der Waals surface area contributed by atoms with E-state index in [1.54, 1.807) is 0 Å². The van der Waals surface area contributed by atoms with Gasteiger partial charge in [-0.25, -0.2) is 0 Å². The molecule has 1 N–H and O–H groups in total. The monoisotopic (exact) mass is 287 g/mol. The van der Waals surface area contributed by atoms with Gasteiger partial charge in [0, 0.05) is 45.3 Å². The molecule has 3 heteroatoms. The Labute approximate surface area is 129 Å². The number of likely N-dealkylation sites (tertiary alicyclic amines) is 1. The van der Waals surface area contributed by atoms with Gasteiger partial charge in [0.1, 0.15) is 0 Å². The minimum absolute atomic E-state index is 0.562. The molecular weight excluding hydrogens is 258 g/mol. The molecule has 0 spiro atoms. The fourth-order valence-electron chi connectivity index (χ4n) is 3.75. The summed E-state index contributed by atoms with van der Waals surface area (Å²) in [5.41, 5.74) is 1.49. The highest BCUT2D eigenvalue weighted by molar-refractivity contribution is 5.19. The molecule has 2 unspecified atom stereocenters. The molecule has 0 aliphatic carbocycles. The van der Waals surface area contributed by atoms with E-state index in [4.69, 9.17) is 0 Å². The maximum Gasteiger partial charge on any atom is 0.0475 e. The van der Waals surface area contributed by atoms with Gasteiger partial charge in [0.05, 0.1) is 0 Å². The van der Waals surface area contributed by atoms with Gasteiger partial charge in [-0.05, 0) is 30.9 Å². The van der Waals surface area contributed by atoms with Crippen LogP contribution in [0.15, 0.2) is 30.3 Å². The van der Waals surface area contributed by atoms with Crippen LogP contribution >= 0.6 is 0 Å². The van der Waals surface area contributed by atoms with Crippen molar-refractivity contribution in [1.82, 2.24) is 15.1 Å². The fourth-order valence-corrected chi connectivity index (χ4v) is 3.75. The Hall–Kier alpha value is -0.900. The molecule has 2 saturated heterocycles. The number of rotatable bonds is 4. The van der Waals surface area contributed by atoms with E-state index >= 15 is 0 Å². The quantitative estimate of drug-likeness (QED) is 0.917. The summed E-state index contributed by atoms with van der Waals surface area (Å²) in [6.45, 7) is 10.7. The summed E-state index contributed by atoms with van der Waals surface area (Å²) < 4.78 is 0. The zero-order valence-electron chi connectivity index (χ0n) is 13.3. The first-order valence-electron chi connectivity index (χ1n) is 8.55. The summed E-state index contributed by atoms with van der Waals surface area (Å²) in [6, 6.07) is 11.7. The lowest BCUT2D eigenvalue weighted by Gasteiger charge is -2.40. The van der Waals surface area contributed by atoms with E-state index in [9.17, 15) is 0 Å². The van der Waals surface area contributed by atoms with Crippen molar-refractivity contribution in [3.63, 3.8) is 0 Å². The van der Waals surface area contributed by atoms with E-state index in [2.05, 4.69) is 52.4 Å². The van der Waals surface area contributed by atoms with Crippen molar-refractivity contribution in [1.29, 1.82) is 0 Å². The van der Waals surface area contributed by atoms with E-state index in [0.717, 1.165) is 19.0 Å². The Morgan fingerprint density at radius 1 is 1.14 bits per heavy atom. The summed E-state index contributed by atoms with van der Waals surface area (Å²) in [6.07, 6.45) is 2.75. The van der Waals surface area contributed by atoms with Crippen molar-refractivity contribution in [2.45, 2.75) is 25.8 Å². The average Bonchev–Trinajstić information content (AvgIpc) is 2.54. The summed E-state index contributed by atoms with van der Waals surface area (Å²) in [5.74, 6) is 0.841. The molecule has 0 aromatic heterocycles. The second-order valence-electron chi connectivity index (χ2n) is 6.72. The SMILES string of the molecule is CC1CCCN(C(CN2CCNCC2)c2ccccc2)C1. The lowest BCUT2D eigenvalue weighted by Crippen LogP contribution is -2.48. The lowest BCUT2D eigenvalue weighted by molar-refractivity contribution is 0.0912. The third-order valence-corrected chi connectivity index (χ3v) is 4.95. The molecule has 2 fully saturated rings. The Kier molecular flexibility index (Phi) is 5.28. The number of piperazine rings is 1. The third-order valence-electron chi connectivity index (χ3n) is 4.95. The van der Waals surface area contributed by atoms with Gasteiger partial charge in [0.2, 0.25) is 0 Å². The van der Waals surface area contributed by atoms with E-state index in [1.165, 1.54) is 51.1 Å². The van der Waals surface area contributed by atoms with Gasteiger partial charge in [-0.15, -0.1) is 0 Å². The molecule has 0 saturated carbocycles. The minimum Gasteiger partial charge on any atom is -0.314 e. The summed E-state index contributed by atoms with van der Waals surface area (Å²) in [5, 5.41) is 3.46. The predicted molar refractivity (Wildman–Crippen MR) is 88.5 cm³/mol. The van der Waals surface area contributed by atoms with Crippen molar-refractivity contribution in [3.8, 4) is 0 Å². The van der Waals surface area contributed by atoms with Crippen LogP contribution in [0.25, 0.3) is 0 Å². The molecule has 2 aliphatic heterocycles. The van der Waals surface area contributed by atoms with Crippen LogP contribution in [0.4, 0.5) is 0 Å². The maximum atomic E-state index is 3.46. The highest BCUT2D eigenvalue weighted by Crippen LogP contribution is 2.27. The lowest BCUT2D eigenvalue weighted by atomic mass is 9.95. The van der Waals surface area contributed by atoms with Crippen molar-refractivity contribution < 1.29 is 0 Å². The Morgan fingerprint density at radius 2 is 1.90 bits per heavy atom. The predicted octanol–water partition coefficient (Wildman–Crippen LogP) is 2.36. The van der Waals surface area contributed by atoms with Gasteiger partial charge in [-0.1, -0.05) is 37.3 Å². The molecule has 2 heterocycles.